The summed E-state index contributed by atoms with van der Waals surface area (Å²) in [5.74, 6) is -0.794. The first-order valence-corrected chi connectivity index (χ1v) is 22.8. The summed E-state index contributed by atoms with van der Waals surface area (Å²) in [7, 11) is 6.27. The third-order valence-corrected chi connectivity index (χ3v) is 10.9. The van der Waals surface area contributed by atoms with Gasteiger partial charge >= 0.3 is 23.9 Å². The third kappa shape index (κ3) is 31.8. The van der Waals surface area contributed by atoms with Gasteiger partial charge in [0.15, 0.2) is 0 Å². The van der Waals surface area contributed by atoms with Gasteiger partial charge in [0, 0.05) is 39.9 Å². The Morgan fingerprint density at radius 2 is 0.571 bits per heavy atom. The Kier molecular flexibility index (Phi) is 38.1. The lowest BCUT2D eigenvalue weighted by Crippen LogP contribution is -2.33. The third-order valence-electron chi connectivity index (χ3n) is 10.9. The minimum Gasteiger partial charge on any atom is -0.469 e. The summed E-state index contributed by atoms with van der Waals surface area (Å²) in [5, 5.41) is 0. The van der Waals surface area contributed by atoms with Gasteiger partial charge in [-0.15, -0.1) is 0 Å². The molecule has 330 valence electrons. The highest BCUT2D eigenvalue weighted by molar-refractivity contribution is 5.71. The predicted octanol–water partition coefficient (Wildman–Crippen LogP) is 11.7. The van der Waals surface area contributed by atoms with Gasteiger partial charge in [-0.3, -0.25) is 19.2 Å². The van der Waals surface area contributed by atoms with E-state index < -0.39 is 0 Å². The number of methoxy groups -OCH3 is 4. The lowest BCUT2D eigenvalue weighted by molar-refractivity contribution is -0.159. The molecule has 10 heteroatoms. The minimum absolute atomic E-state index is 0.136. The fraction of sp³-hybridized carbons (Fsp3) is 0.913. The molecular formula is C46H86O10. The van der Waals surface area contributed by atoms with Crippen molar-refractivity contribution in [2.24, 2.45) is 0 Å². The molecule has 4 atom stereocenters. The topological polar surface area (TPSA) is 124 Å². The smallest absolute Gasteiger partial charge is 0.306 e. The van der Waals surface area contributed by atoms with Crippen LogP contribution in [0.1, 0.15) is 219 Å². The van der Waals surface area contributed by atoms with Crippen molar-refractivity contribution >= 4 is 23.9 Å². The van der Waals surface area contributed by atoms with Crippen molar-refractivity contribution in [2.75, 3.05) is 28.4 Å². The van der Waals surface area contributed by atoms with Gasteiger partial charge in [0.1, 0.15) is 12.2 Å². The average Bonchev–Trinajstić information content (AvgIpc) is 3.20. The van der Waals surface area contributed by atoms with Crippen molar-refractivity contribution in [2.45, 2.75) is 244 Å². The fourth-order valence-corrected chi connectivity index (χ4v) is 7.29. The minimum atomic E-state index is -0.295. The summed E-state index contributed by atoms with van der Waals surface area (Å²) < 4.78 is 33.4. The van der Waals surface area contributed by atoms with E-state index in [1.807, 2.05) is 0 Å². The van der Waals surface area contributed by atoms with E-state index >= 15 is 0 Å². The van der Waals surface area contributed by atoms with E-state index in [1.54, 1.807) is 14.2 Å². The number of hydrogen-bond donors (Lipinski definition) is 0. The summed E-state index contributed by atoms with van der Waals surface area (Å²) in [6, 6.07) is 0. The molecule has 0 rings (SSSR count). The molecule has 0 aliphatic heterocycles. The number of hydrogen-bond acceptors (Lipinski definition) is 10. The molecule has 0 saturated carbocycles. The van der Waals surface area contributed by atoms with Crippen LogP contribution >= 0.6 is 0 Å². The maximum absolute atomic E-state index is 13.1. The van der Waals surface area contributed by atoms with Crippen molar-refractivity contribution in [1.29, 1.82) is 0 Å². The molecule has 0 heterocycles. The van der Waals surface area contributed by atoms with E-state index in [9.17, 15) is 19.2 Å². The second-order valence-corrected chi connectivity index (χ2v) is 15.7. The molecule has 0 aromatic heterocycles. The average molecular weight is 799 g/mol. The molecule has 10 nitrogen and oxygen atoms in total. The van der Waals surface area contributed by atoms with Gasteiger partial charge < -0.3 is 28.4 Å². The van der Waals surface area contributed by atoms with Gasteiger partial charge in [-0.1, -0.05) is 129 Å². The second kappa shape index (κ2) is 39.6. The zero-order valence-electron chi connectivity index (χ0n) is 37.0. The standard InChI is InChI=1S/C46H86O10/c1-7-9-11-13-17-23-31-39(51-3)42(34-26-20-16-22-28-36-44(48)54-6)56-46(50)38-30-29-37-45(49)55-41(33-25-18-14-12-10-8-2)40(52-4)32-24-19-15-21-27-35-43(47)53-5/h39-42H,7-38H2,1-6H3. The van der Waals surface area contributed by atoms with Crippen LogP contribution in [0.5, 0.6) is 0 Å². The molecule has 0 radical (unpaired) electrons. The Bertz CT molecular complexity index is 941. The van der Waals surface area contributed by atoms with E-state index in [-0.39, 0.29) is 61.1 Å². The van der Waals surface area contributed by atoms with Crippen LogP contribution in [-0.4, -0.2) is 76.7 Å². The van der Waals surface area contributed by atoms with Crippen LogP contribution in [0.4, 0.5) is 0 Å². The normalized spacial score (nSPS) is 13.5. The summed E-state index contributed by atoms with van der Waals surface area (Å²) in [5.41, 5.74) is 0. The number of carbonyl (C=O) groups is 4. The highest BCUT2D eigenvalue weighted by atomic mass is 16.6. The second-order valence-electron chi connectivity index (χ2n) is 15.7. The molecule has 56 heavy (non-hydrogen) atoms. The highest BCUT2D eigenvalue weighted by Crippen LogP contribution is 2.23. The van der Waals surface area contributed by atoms with Crippen molar-refractivity contribution < 1.29 is 47.6 Å². The Balaban J connectivity index is 5.00. The molecule has 0 aliphatic carbocycles. The molecule has 0 aromatic carbocycles. The first-order chi connectivity index (χ1) is 27.3. The van der Waals surface area contributed by atoms with Crippen LogP contribution in [-0.2, 0) is 47.6 Å². The molecular weight excluding hydrogens is 712 g/mol. The van der Waals surface area contributed by atoms with Crippen LogP contribution < -0.4 is 0 Å². The van der Waals surface area contributed by atoms with Gasteiger partial charge in [0.05, 0.1) is 26.4 Å². The van der Waals surface area contributed by atoms with E-state index in [0.717, 1.165) is 116 Å². The molecule has 0 saturated heterocycles. The van der Waals surface area contributed by atoms with Gasteiger partial charge in [-0.25, -0.2) is 0 Å². The lowest BCUT2D eigenvalue weighted by atomic mass is 9.99. The van der Waals surface area contributed by atoms with E-state index in [1.165, 1.54) is 65.6 Å². The number of carbonyl (C=O) groups excluding carboxylic acids is 4. The zero-order chi connectivity index (χ0) is 41.5. The zero-order valence-corrected chi connectivity index (χ0v) is 37.0. The van der Waals surface area contributed by atoms with E-state index in [0.29, 0.717) is 25.7 Å². The Morgan fingerprint density at radius 1 is 0.321 bits per heavy atom. The van der Waals surface area contributed by atoms with Gasteiger partial charge in [0.25, 0.3) is 0 Å². The Labute approximate surface area is 342 Å². The summed E-state index contributed by atoms with van der Waals surface area (Å²) in [6.07, 6.45) is 28.7. The van der Waals surface area contributed by atoms with Crippen molar-refractivity contribution in [3.63, 3.8) is 0 Å². The van der Waals surface area contributed by atoms with Crippen LogP contribution in [0.2, 0.25) is 0 Å². The molecule has 4 unspecified atom stereocenters. The summed E-state index contributed by atoms with van der Waals surface area (Å²) in [6.45, 7) is 4.44. The molecule has 0 aromatic rings. The Hall–Kier alpha value is -2.20. The van der Waals surface area contributed by atoms with Gasteiger partial charge in [-0.2, -0.15) is 0 Å². The fourth-order valence-electron chi connectivity index (χ4n) is 7.29. The summed E-state index contributed by atoms with van der Waals surface area (Å²) >= 11 is 0. The van der Waals surface area contributed by atoms with Crippen molar-refractivity contribution in [3.8, 4) is 0 Å². The first-order valence-electron chi connectivity index (χ1n) is 22.8. The molecule has 0 amide bonds. The van der Waals surface area contributed by atoms with Crippen molar-refractivity contribution in [1.82, 2.24) is 0 Å². The summed E-state index contributed by atoms with van der Waals surface area (Å²) in [4.78, 5) is 49.0. The largest absolute Gasteiger partial charge is 0.469 e. The molecule has 0 bridgehead atoms. The maximum Gasteiger partial charge on any atom is 0.306 e. The monoisotopic (exact) mass is 799 g/mol. The lowest BCUT2D eigenvalue weighted by Gasteiger charge is -2.27. The first kappa shape index (κ1) is 53.8. The van der Waals surface area contributed by atoms with Crippen LogP contribution in [0.15, 0.2) is 0 Å². The Morgan fingerprint density at radius 3 is 0.875 bits per heavy atom. The quantitative estimate of drug-likeness (QED) is 0.0335. The number of unbranched alkanes of at least 4 members (excludes halogenated alkanes) is 19. The number of rotatable bonds is 41. The molecule has 0 spiro atoms. The van der Waals surface area contributed by atoms with Gasteiger partial charge in [-0.05, 0) is 64.2 Å². The molecule has 0 fully saturated rings. The highest BCUT2D eigenvalue weighted by Gasteiger charge is 2.26. The SMILES string of the molecule is CCCCCCCCC(OC)C(CCCCCCCC(=O)OC)OC(=O)CCCCC(=O)OC(CCCCCCCC)C(CCCCCCCC(=O)OC)OC. The van der Waals surface area contributed by atoms with Crippen LogP contribution in [0.25, 0.3) is 0 Å². The van der Waals surface area contributed by atoms with Gasteiger partial charge in [0.2, 0.25) is 0 Å². The van der Waals surface area contributed by atoms with Crippen molar-refractivity contribution in [3.05, 3.63) is 0 Å². The molecule has 0 aliphatic rings. The number of esters is 4. The van der Waals surface area contributed by atoms with E-state index in [4.69, 9.17) is 28.4 Å². The number of ether oxygens (including phenoxy) is 6. The van der Waals surface area contributed by atoms with E-state index in [2.05, 4.69) is 13.8 Å². The van der Waals surface area contributed by atoms with Crippen LogP contribution in [0, 0.1) is 0 Å². The van der Waals surface area contributed by atoms with Crippen LogP contribution in [0.3, 0.4) is 0 Å². The maximum atomic E-state index is 13.1. The molecule has 0 N–H and O–H groups in total. The predicted molar refractivity (Wildman–Crippen MR) is 224 cm³/mol.